The Kier molecular flexibility index (Phi) is 18.3. The summed E-state index contributed by atoms with van der Waals surface area (Å²) in [6, 6.07) is 31.4. The summed E-state index contributed by atoms with van der Waals surface area (Å²) in [5, 5.41) is 2.75. The van der Waals surface area contributed by atoms with Crippen LogP contribution in [0.4, 0.5) is 10.5 Å². The van der Waals surface area contributed by atoms with Gasteiger partial charge in [-0.25, -0.2) is 43.9 Å². The smallest absolute Gasteiger partial charge is 0.412 e. The Hall–Kier alpha value is -8.16. The highest BCUT2D eigenvalue weighted by Gasteiger charge is 2.20. The van der Waals surface area contributed by atoms with Gasteiger partial charge >= 0.3 is 30.0 Å². The third kappa shape index (κ3) is 16.2. The highest BCUT2D eigenvalue weighted by atomic mass is 16.6. The molecule has 6 aromatic rings. The average molecular weight is 969 g/mol. The molecule has 0 aliphatic heterocycles. The maximum Gasteiger partial charge on any atom is 0.412 e. The van der Waals surface area contributed by atoms with Crippen LogP contribution in [0, 0.1) is 0 Å². The van der Waals surface area contributed by atoms with Crippen molar-refractivity contribution in [3.63, 3.8) is 0 Å². The molecule has 0 saturated carbocycles. The molecule has 1 aromatic carbocycles. The molecule has 5 aromatic heterocycles. The number of anilines is 1. The van der Waals surface area contributed by atoms with Gasteiger partial charge < -0.3 is 28.4 Å². The summed E-state index contributed by atoms with van der Waals surface area (Å²) in [6.45, 7) is 7.01. The van der Waals surface area contributed by atoms with Crippen molar-refractivity contribution in [1.82, 2.24) is 34.7 Å². The van der Waals surface area contributed by atoms with Crippen molar-refractivity contribution in [2.45, 2.75) is 72.1 Å². The van der Waals surface area contributed by atoms with E-state index in [1.54, 1.807) is 106 Å². The molecule has 0 unspecified atom stereocenters. The summed E-state index contributed by atoms with van der Waals surface area (Å²) in [6.07, 6.45) is -0.0313. The lowest BCUT2D eigenvalue weighted by molar-refractivity contribution is 0.0584. The van der Waals surface area contributed by atoms with Gasteiger partial charge in [0.15, 0.2) is 0 Å². The van der Waals surface area contributed by atoms with Gasteiger partial charge in [-0.05, 0) is 87.0 Å². The van der Waals surface area contributed by atoms with E-state index in [0.29, 0.717) is 52.0 Å². The Morgan fingerprint density at radius 3 is 1.17 bits per heavy atom. The fraction of sp³-hybridized carbons (Fsp3) is 0.308. The van der Waals surface area contributed by atoms with Crippen molar-refractivity contribution in [2.24, 2.45) is 0 Å². The standard InChI is InChI=1S/C52H56N8O11/c1-52(2,3)71-51(65)58-35-22-20-34(21-23-35)24-25-70-42-26-40(32-59(28-36-12-8-16-43(54-36)47(61)66-4)29-37-13-9-17-44(55-37)48(62)67-5)53-41(27-42)33-60(30-38-14-10-18-45(56-38)49(63)68-6)31-39-15-11-19-46(57-39)50(64)69-7/h8-23,26-27H,24-25,28-33H2,1-7H3,(H,58,65). The Morgan fingerprint density at radius 2 is 0.831 bits per heavy atom. The minimum absolute atomic E-state index is 0.138. The summed E-state index contributed by atoms with van der Waals surface area (Å²) in [5.41, 5.74) is 4.89. The van der Waals surface area contributed by atoms with E-state index in [1.165, 1.54) is 28.4 Å². The first-order chi connectivity index (χ1) is 34.1. The molecule has 1 amide bonds. The van der Waals surface area contributed by atoms with E-state index in [2.05, 4.69) is 25.3 Å². The van der Waals surface area contributed by atoms with Gasteiger partial charge in [0.05, 0.1) is 69.2 Å². The average Bonchev–Trinajstić information content (AvgIpc) is 3.35. The molecule has 0 saturated heterocycles. The molecular weight excluding hydrogens is 913 g/mol. The first kappa shape index (κ1) is 52.2. The normalized spacial score (nSPS) is 11.2. The molecule has 1 N–H and O–H groups in total. The van der Waals surface area contributed by atoms with Gasteiger partial charge in [0.2, 0.25) is 0 Å². The number of methoxy groups -OCH3 is 4. The van der Waals surface area contributed by atoms with Crippen LogP contribution in [0.5, 0.6) is 5.75 Å². The van der Waals surface area contributed by atoms with Crippen LogP contribution < -0.4 is 10.1 Å². The number of pyridine rings is 5. The number of amides is 1. The number of carbonyl (C=O) groups excluding carboxylic acids is 5. The molecule has 0 spiro atoms. The van der Waals surface area contributed by atoms with Gasteiger partial charge in [-0.15, -0.1) is 0 Å². The second-order valence-electron chi connectivity index (χ2n) is 17.0. The van der Waals surface area contributed by atoms with Crippen LogP contribution in [0.25, 0.3) is 0 Å². The van der Waals surface area contributed by atoms with Gasteiger partial charge in [-0.1, -0.05) is 36.4 Å². The number of aromatic nitrogens is 5. The summed E-state index contributed by atoms with van der Waals surface area (Å²) in [5.74, 6) is -1.82. The van der Waals surface area contributed by atoms with E-state index in [1.807, 2.05) is 34.1 Å². The highest BCUT2D eigenvalue weighted by molar-refractivity contribution is 5.88. The van der Waals surface area contributed by atoms with E-state index < -0.39 is 35.6 Å². The number of esters is 4. The predicted octanol–water partition coefficient (Wildman–Crippen LogP) is 7.18. The van der Waals surface area contributed by atoms with Crippen molar-refractivity contribution in [2.75, 3.05) is 40.4 Å². The molecule has 0 fully saturated rings. The van der Waals surface area contributed by atoms with Crippen LogP contribution in [0.15, 0.2) is 109 Å². The Morgan fingerprint density at radius 1 is 0.479 bits per heavy atom. The molecule has 0 radical (unpaired) electrons. The summed E-state index contributed by atoms with van der Waals surface area (Å²) in [4.78, 5) is 89.8. The lowest BCUT2D eigenvalue weighted by Gasteiger charge is -2.24. The minimum Gasteiger partial charge on any atom is -0.493 e. The molecule has 19 heteroatoms. The van der Waals surface area contributed by atoms with Gasteiger partial charge in [-0.3, -0.25) is 20.1 Å². The number of hydrogen-bond donors (Lipinski definition) is 1. The number of nitrogens with one attached hydrogen (secondary N) is 1. The molecule has 0 aliphatic rings. The zero-order valence-electron chi connectivity index (χ0n) is 40.7. The molecule has 0 atom stereocenters. The second kappa shape index (κ2) is 24.9. The summed E-state index contributed by atoms with van der Waals surface area (Å²) >= 11 is 0. The van der Waals surface area contributed by atoms with Gasteiger partial charge in [0.25, 0.3) is 0 Å². The first-order valence-corrected chi connectivity index (χ1v) is 22.4. The third-order valence-corrected chi connectivity index (χ3v) is 10.3. The maximum atomic E-state index is 12.5. The van der Waals surface area contributed by atoms with Crippen molar-refractivity contribution in [1.29, 1.82) is 0 Å². The van der Waals surface area contributed by atoms with Crippen LogP contribution in [0.1, 0.15) is 102 Å². The Bertz CT molecular complexity index is 2550. The van der Waals surface area contributed by atoms with Crippen molar-refractivity contribution in [3.8, 4) is 5.75 Å². The Labute approximate surface area is 411 Å². The summed E-state index contributed by atoms with van der Waals surface area (Å²) in [7, 11) is 5.15. The second-order valence-corrected chi connectivity index (χ2v) is 17.0. The molecular formula is C52H56N8O11. The molecule has 71 heavy (non-hydrogen) atoms. The van der Waals surface area contributed by atoms with E-state index in [0.717, 1.165) is 5.56 Å². The van der Waals surface area contributed by atoms with E-state index >= 15 is 0 Å². The SMILES string of the molecule is COC(=O)c1cccc(CN(Cc2cc(OCCc3ccc(NC(=O)OC(C)(C)C)cc3)cc(CN(Cc3cccc(C(=O)OC)n3)Cc3cccc(C(=O)OC)n3)n2)Cc2cccc(C(=O)OC)n2)n1. The largest absolute Gasteiger partial charge is 0.493 e. The fourth-order valence-corrected chi connectivity index (χ4v) is 7.18. The van der Waals surface area contributed by atoms with Crippen molar-refractivity contribution in [3.05, 3.63) is 172 Å². The first-order valence-electron chi connectivity index (χ1n) is 22.4. The fourth-order valence-electron chi connectivity index (χ4n) is 7.18. The highest BCUT2D eigenvalue weighted by Crippen LogP contribution is 2.23. The van der Waals surface area contributed by atoms with Gasteiger partial charge in [0, 0.05) is 63.5 Å². The summed E-state index contributed by atoms with van der Waals surface area (Å²) < 4.78 is 31.6. The van der Waals surface area contributed by atoms with Crippen molar-refractivity contribution < 1.29 is 52.4 Å². The van der Waals surface area contributed by atoms with Crippen LogP contribution in [-0.2, 0) is 69.4 Å². The Balaban J connectivity index is 1.35. The third-order valence-electron chi connectivity index (χ3n) is 10.3. The number of rotatable bonds is 21. The molecule has 0 aliphatic carbocycles. The van der Waals surface area contributed by atoms with Crippen LogP contribution in [0.2, 0.25) is 0 Å². The van der Waals surface area contributed by atoms with Crippen LogP contribution >= 0.6 is 0 Å². The molecule has 19 nitrogen and oxygen atoms in total. The molecule has 6 rings (SSSR count). The monoisotopic (exact) mass is 968 g/mol. The number of ether oxygens (including phenoxy) is 6. The maximum absolute atomic E-state index is 12.5. The molecule has 370 valence electrons. The quantitative estimate of drug-likeness (QED) is 0.0557. The van der Waals surface area contributed by atoms with Crippen LogP contribution in [-0.4, -0.2) is 105 Å². The van der Waals surface area contributed by atoms with Crippen molar-refractivity contribution >= 4 is 35.7 Å². The van der Waals surface area contributed by atoms with E-state index in [-0.39, 0.29) is 68.7 Å². The lowest BCUT2D eigenvalue weighted by Crippen LogP contribution is -2.27. The van der Waals surface area contributed by atoms with Gasteiger partial charge in [-0.2, -0.15) is 0 Å². The zero-order valence-corrected chi connectivity index (χ0v) is 40.7. The van der Waals surface area contributed by atoms with Gasteiger partial charge in [0.1, 0.15) is 34.1 Å². The number of nitrogens with zero attached hydrogens (tertiary/aromatic N) is 7. The minimum atomic E-state index is -0.641. The molecule has 0 bridgehead atoms. The van der Waals surface area contributed by atoms with E-state index in [4.69, 9.17) is 33.4 Å². The topological polar surface area (TPSA) is 224 Å². The number of carbonyl (C=O) groups is 5. The predicted molar refractivity (Wildman–Crippen MR) is 258 cm³/mol. The zero-order chi connectivity index (χ0) is 50.9. The number of hydrogen-bond acceptors (Lipinski definition) is 18. The lowest BCUT2D eigenvalue weighted by atomic mass is 10.1. The van der Waals surface area contributed by atoms with Crippen LogP contribution in [0.3, 0.4) is 0 Å². The van der Waals surface area contributed by atoms with E-state index in [9.17, 15) is 24.0 Å². The molecule has 5 heterocycles. The number of benzene rings is 1.